The highest BCUT2D eigenvalue weighted by Gasteiger charge is 2.09. The third kappa shape index (κ3) is 3.76. The van der Waals surface area contributed by atoms with E-state index < -0.39 is 0 Å². The molecule has 0 aliphatic heterocycles. The van der Waals surface area contributed by atoms with Crippen molar-refractivity contribution in [3.8, 4) is 0 Å². The number of carbonyl (C=O) groups is 1. The van der Waals surface area contributed by atoms with Crippen molar-refractivity contribution in [2.24, 2.45) is 0 Å². The van der Waals surface area contributed by atoms with Crippen LogP contribution in [-0.2, 0) is 11.2 Å². The average Bonchev–Trinajstić information content (AvgIpc) is 2.36. The Morgan fingerprint density at radius 1 is 1.26 bits per heavy atom. The van der Waals surface area contributed by atoms with Crippen LogP contribution in [0.15, 0.2) is 42.5 Å². The number of halogens is 2. The van der Waals surface area contributed by atoms with Gasteiger partial charge in [0.15, 0.2) is 0 Å². The van der Waals surface area contributed by atoms with Gasteiger partial charge in [0.2, 0.25) is 5.91 Å². The molecular weight excluding hydrogens is 356 g/mol. The van der Waals surface area contributed by atoms with E-state index in [1.54, 1.807) is 18.2 Å². The topological polar surface area (TPSA) is 29.1 Å². The second-order valence-corrected chi connectivity index (χ2v) is 5.52. The van der Waals surface area contributed by atoms with Gasteiger partial charge in [0, 0.05) is 9.26 Å². The van der Waals surface area contributed by atoms with Gasteiger partial charge in [0.05, 0.1) is 6.42 Å². The molecule has 2 nitrogen and oxygen atoms in total. The molecule has 0 bridgehead atoms. The van der Waals surface area contributed by atoms with Crippen molar-refractivity contribution in [3.63, 3.8) is 0 Å². The summed E-state index contributed by atoms with van der Waals surface area (Å²) in [6.45, 7) is 1.93. The van der Waals surface area contributed by atoms with Crippen molar-refractivity contribution in [3.05, 3.63) is 63.0 Å². The number of rotatable bonds is 3. The molecule has 2 rings (SSSR count). The molecule has 0 saturated heterocycles. The smallest absolute Gasteiger partial charge is 0.228 e. The minimum Gasteiger partial charge on any atom is -0.326 e. The maximum Gasteiger partial charge on any atom is 0.228 e. The molecule has 98 valence electrons. The zero-order valence-electron chi connectivity index (χ0n) is 10.4. The first-order valence-corrected chi connectivity index (χ1v) is 6.93. The molecule has 0 fully saturated rings. The maximum absolute atomic E-state index is 13.4. The molecule has 0 saturated carbocycles. The normalized spacial score (nSPS) is 10.3. The standard InChI is InChI=1S/C15H13FINO/c1-10-8-12(17)6-7-14(10)18-15(19)9-11-4-2-3-5-13(11)16/h2-8H,9H2,1H3,(H,18,19). The highest BCUT2D eigenvalue weighted by Crippen LogP contribution is 2.18. The Balaban J connectivity index is 2.08. The van der Waals surface area contributed by atoms with Crippen molar-refractivity contribution < 1.29 is 9.18 Å². The van der Waals surface area contributed by atoms with E-state index in [4.69, 9.17) is 0 Å². The maximum atomic E-state index is 13.4. The number of anilines is 1. The number of nitrogens with one attached hydrogen (secondary N) is 1. The second-order valence-electron chi connectivity index (χ2n) is 4.28. The van der Waals surface area contributed by atoms with E-state index in [2.05, 4.69) is 27.9 Å². The third-order valence-electron chi connectivity index (χ3n) is 2.77. The molecule has 0 aliphatic carbocycles. The van der Waals surface area contributed by atoms with Crippen molar-refractivity contribution in [1.29, 1.82) is 0 Å². The Hall–Kier alpha value is -1.43. The van der Waals surface area contributed by atoms with Crippen LogP contribution in [0.5, 0.6) is 0 Å². The van der Waals surface area contributed by atoms with Gasteiger partial charge >= 0.3 is 0 Å². The molecule has 0 heterocycles. The summed E-state index contributed by atoms with van der Waals surface area (Å²) in [4.78, 5) is 11.9. The summed E-state index contributed by atoms with van der Waals surface area (Å²) < 4.78 is 14.6. The van der Waals surface area contributed by atoms with Gasteiger partial charge < -0.3 is 5.32 Å². The molecule has 1 amide bonds. The Morgan fingerprint density at radius 3 is 2.68 bits per heavy atom. The van der Waals surface area contributed by atoms with Crippen molar-refractivity contribution in [2.75, 3.05) is 5.32 Å². The molecule has 2 aromatic rings. The molecule has 4 heteroatoms. The zero-order chi connectivity index (χ0) is 13.8. The van der Waals surface area contributed by atoms with Crippen LogP contribution in [0.25, 0.3) is 0 Å². The van der Waals surface area contributed by atoms with Crippen LogP contribution in [0.1, 0.15) is 11.1 Å². The first-order valence-electron chi connectivity index (χ1n) is 5.85. The number of benzene rings is 2. The average molecular weight is 369 g/mol. The summed E-state index contributed by atoms with van der Waals surface area (Å²) >= 11 is 2.22. The molecule has 0 aliphatic rings. The Labute approximate surface area is 125 Å². The van der Waals surface area contributed by atoms with E-state index in [0.717, 1.165) is 14.8 Å². The molecular formula is C15H13FINO. The summed E-state index contributed by atoms with van der Waals surface area (Å²) in [6, 6.07) is 12.1. The van der Waals surface area contributed by atoms with Crippen molar-refractivity contribution in [1.82, 2.24) is 0 Å². The van der Waals surface area contributed by atoms with E-state index in [1.807, 2.05) is 25.1 Å². The van der Waals surface area contributed by atoms with Gasteiger partial charge in [-0.25, -0.2) is 4.39 Å². The minimum absolute atomic E-state index is 0.0398. The largest absolute Gasteiger partial charge is 0.326 e. The molecule has 0 unspecified atom stereocenters. The number of carbonyl (C=O) groups excluding carboxylic acids is 1. The molecule has 19 heavy (non-hydrogen) atoms. The van der Waals surface area contributed by atoms with Gasteiger partial charge in [-0.2, -0.15) is 0 Å². The van der Waals surface area contributed by atoms with Crippen LogP contribution >= 0.6 is 22.6 Å². The summed E-state index contributed by atoms with van der Waals surface area (Å²) in [5.74, 6) is -0.564. The fourth-order valence-corrected chi connectivity index (χ4v) is 2.42. The van der Waals surface area contributed by atoms with Crippen LogP contribution in [0.4, 0.5) is 10.1 Å². The monoisotopic (exact) mass is 369 g/mol. The predicted molar refractivity (Wildman–Crippen MR) is 82.6 cm³/mol. The van der Waals surface area contributed by atoms with E-state index in [9.17, 15) is 9.18 Å². The van der Waals surface area contributed by atoms with Gasteiger partial charge in [-0.3, -0.25) is 4.79 Å². The van der Waals surface area contributed by atoms with E-state index in [1.165, 1.54) is 6.07 Å². The molecule has 1 N–H and O–H groups in total. The lowest BCUT2D eigenvalue weighted by molar-refractivity contribution is -0.115. The van der Waals surface area contributed by atoms with Crippen LogP contribution in [0.3, 0.4) is 0 Å². The Morgan fingerprint density at radius 2 is 2.00 bits per heavy atom. The minimum atomic E-state index is -0.350. The molecule has 0 atom stereocenters. The second kappa shape index (κ2) is 6.14. The number of aryl methyl sites for hydroxylation is 1. The highest BCUT2D eigenvalue weighted by molar-refractivity contribution is 14.1. The predicted octanol–water partition coefficient (Wildman–Crippen LogP) is 3.92. The lowest BCUT2D eigenvalue weighted by atomic mass is 10.1. The number of hydrogen-bond donors (Lipinski definition) is 1. The van der Waals surface area contributed by atoms with Gasteiger partial charge in [-0.05, 0) is 64.9 Å². The molecule has 0 spiro atoms. The Kier molecular flexibility index (Phi) is 4.52. The van der Waals surface area contributed by atoms with Crippen LogP contribution in [0.2, 0.25) is 0 Å². The third-order valence-corrected chi connectivity index (χ3v) is 3.44. The number of hydrogen-bond acceptors (Lipinski definition) is 1. The van der Waals surface area contributed by atoms with E-state index >= 15 is 0 Å². The first kappa shape index (κ1) is 14.0. The van der Waals surface area contributed by atoms with Crippen LogP contribution < -0.4 is 5.32 Å². The summed E-state index contributed by atoms with van der Waals surface area (Å²) in [6.07, 6.45) is 0.0398. The lowest BCUT2D eigenvalue weighted by Gasteiger charge is -2.09. The Bertz CT molecular complexity index is 613. The van der Waals surface area contributed by atoms with E-state index in [0.29, 0.717) is 5.56 Å². The quantitative estimate of drug-likeness (QED) is 0.817. The van der Waals surface area contributed by atoms with Crippen molar-refractivity contribution in [2.45, 2.75) is 13.3 Å². The SMILES string of the molecule is Cc1cc(I)ccc1NC(=O)Cc1ccccc1F. The van der Waals surface area contributed by atoms with Crippen LogP contribution in [-0.4, -0.2) is 5.91 Å². The summed E-state index contributed by atoms with van der Waals surface area (Å²) in [5, 5.41) is 2.80. The summed E-state index contributed by atoms with van der Waals surface area (Å²) in [5.41, 5.74) is 2.17. The van der Waals surface area contributed by atoms with Gasteiger partial charge in [-0.15, -0.1) is 0 Å². The zero-order valence-corrected chi connectivity index (χ0v) is 12.6. The van der Waals surface area contributed by atoms with Gasteiger partial charge in [0.1, 0.15) is 5.82 Å². The molecule has 2 aromatic carbocycles. The highest BCUT2D eigenvalue weighted by atomic mass is 127. The van der Waals surface area contributed by atoms with E-state index in [-0.39, 0.29) is 18.1 Å². The lowest BCUT2D eigenvalue weighted by Crippen LogP contribution is -2.15. The van der Waals surface area contributed by atoms with Crippen LogP contribution in [0, 0.1) is 16.3 Å². The fraction of sp³-hybridized carbons (Fsp3) is 0.133. The van der Waals surface area contributed by atoms with Gasteiger partial charge in [0.25, 0.3) is 0 Å². The molecule has 0 aromatic heterocycles. The first-order chi connectivity index (χ1) is 9.06. The summed E-state index contributed by atoms with van der Waals surface area (Å²) in [7, 11) is 0. The van der Waals surface area contributed by atoms with Crippen molar-refractivity contribution >= 4 is 34.2 Å². The van der Waals surface area contributed by atoms with Gasteiger partial charge in [-0.1, -0.05) is 18.2 Å². The number of amides is 1. The molecule has 0 radical (unpaired) electrons. The fourth-order valence-electron chi connectivity index (χ4n) is 1.78.